The summed E-state index contributed by atoms with van der Waals surface area (Å²) in [5, 5.41) is 0. The molecule has 2 N–H and O–H groups in total. The number of aromatic amines is 1. The molecule has 2 heterocycles. The van der Waals surface area contributed by atoms with Crippen molar-refractivity contribution in [2.24, 2.45) is 0 Å². The molecule has 0 atom stereocenters. The number of benzene rings is 2. The zero-order chi connectivity index (χ0) is 18.9. The van der Waals surface area contributed by atoms with E-state index in [1.165, 1.54) is 18.2 Å². The van der Waals surface area contributed by atoms with Gasteiger partial charge in [0.05, 0.1) is 10.4 Å². The van der Waals surface area contributed by atoms with Crippen molar-refractivity contribution in [2.75, 3.05) is 4.72 Å². The maximum atomic E-state index is 12.6. The number of oxazole rings is 1. The van der Waals surface area contributed by atoms with Gasteiger partial charge in [-0.15, -0.1) is 0 Å². The number of H-pyrrole nitrogens is 1. The van der Waals surface area contributed by atoms with Gasteiger partial charge in [0.1, 0.15) is 5.75 Å². The highest BCUT2D eigenvalue weighted by atomic mass is 32.2. The Morgan fingerprint density at radius 2 is 1.85 bits per heavy atom. The Morgan fingerprint density at radius 3 is 2.59 bits per heavy atom. The van der Waals surface area contributed by atoms with Gasteiger partial charge in [-0.3, -0.25) is 9.71 Å². The minimum absolute atomic E-state index is 0.000798. The fourth-order valence-electron chi connectivity index (χ4n) is 2.43. The monoisotopic (exact) mass is 383 g/mol. The Hall–Kier alpha value is -3.59. The van der Waals surface area contributed by atoms with Gasteiger partial charge in [0.15, 0.2) is 5.58 Å². The second kappa shape index (κ2) is 6.61. The molecule has 8 nitrogen and oxygen atoms in total. The lowest BCUT2D eigenvalue weighted by Crippen LogP contribution is -2.12. The van der Waals surface area contributed by atoms with Gasteiger partial charge in [-0.05, 0) is 48.5 Å². The molecule has 0 fully saturated rings. The van der Waals surface area contributed by atoms with E-state index in [0.717, 1.165) is 0 Å². The van der Waals surface area contributed by atoms with E-state index in [1.807, 2.05) is 0 Å². The topological polar surface area (TPSA) is 114 Å². The smallest absolute Gasteiger partial charge is 0.417 e. The number of nitrogens with zero attached hydrogens (tertiary/aromatic N) is 1. The lowest BCUT2D eigenvalue weighted by Gasteiger charge is -2.09. The van der Waals surface area contributed by atoms with E-state index in [0.29, 0.717) is 22.8 Å². The maximum Gasteiger partial charge on any atom is 0.417 e. The second-order valence-corrected chi connectivity index (χ2v) is 7.25. The first-order valence-corrected chi connectivity index (χ1v) is 9.33. The molecular formula is C18H13N3O5S. The third-order valence-corrected chi connectivity index (χ3v) is 5.05. The zero-order valence-electron chi connectivity index (χ0n) is 13.7. The molecule has 0 bridgehead atoms. The summed E-state index contributed by atoms with van der Waals surface area (Å²) >= 11 is 0. The van der Waals surface area contributed by atoms with Gasteiger partial charge in [0, 0.05) is 18.0 Å². The van der Waals surface area contributed by atoms with Crippen molar-refractivity contribution in [2.45, 2.75) is 4.90 Å². The van der Waals surface area contributed by atoms with Gasteiger partial charge < -0.3 is 9.15 Å². The van der Waals surface area contributed by atoms with Gasteiger partial charge in [0.25, 0.3) is 10.0 Å². The molecule has 136 valence electrons. The number of hydrogen-bond donors (Lipinski definition) is 2. The standard InChI is InChI=1S/C18H13N3O5S/c22-18-20-15-11-14(8-9-16(15)26-18)27(23,24)21-12-4-6-13(7-5-12)25-17-3-1-2-10-19-17/h1-11,21H,(H,20,22). The molecule has 0 aliphatic rings. The Balaban J connectivity index is 1.54. The Kier molecular flexibility index (Phi) is 4.13. The molecule has 0 aliphatic carbocycles. The van der Waals surface area contributed by atoms with Crippen LogP contribution in [-0.2, 0) is 10.0 Å². The molecule has 27 heavy (non-hydrogen) atoms. The van der Waals surface area contributed by atoms with Gasteiger partial charge in [-0.25, -0.2) is 18.2 Å². The summed E-state index contributed by atoms with van der Waals surface area (Å²) in [6, 6.07) is 15.8. The van der Waals surface area contributed by atoms with Crippen molar-refractivity contribution in [3.63, 3.8) is 0 Å². The van der Waals surface area contributed by atoms with Gasteiger partial charge in [0.2, 0.25) is 5.88 Å². The predicted octanol–water partition coefficient (Wildman–Crippen LogP) is 3.11. The normalized spacial score (nSPS) is 11.4. The number of aromatic nitrogens is 2. The number of nitrogens with one attached hydrogen (secondary N) is 2. The number of sulfonamides is 1. The van der Waals surface area contributed by atoms with E-state index in [2.05, 4.69) is 14.7 Å². The molecule has 4 aromatic rings. The molecule has 0 saturated carbocycles. The molecule has 0 amide bonds. The molecule has 9 heteroatoms. The highest BCUT2D eigenvalue weighted by Gasteiger charge is 2.16. The van der Waals surface area contributed by atoms with Crippen molar-refractivity contribution in [3.8, 4) is 11.6 Å². The van der Waals surface area contributed by atoms with Crippen LogP contribution >= 0.6 is 0 Å². The van der Waals surface area contributed by atoms with Crippen LogP contribution in [0.4, 0.5) is 5.69 Å². The Labute approximate surface area is 153 Å². The molecular weight excluding hydrogens is 370 g/mol. The third kappa shape index (κ3) is 3.67. The number of anilines is 1. The predicted molar refractivity (Wildman–Crippen MR) is 98.4 cm³/mol. The molecule has 2 aromatic carbocycles. The Morgan fingerprint density at radius 1 is 1.04 bits per heavy atom. The Bertz CT molecular complexity index is 1250. The number of ether oxygens (including phenoxy) is 1. The molecule has 4 rings (SSSR count). The summed E-state index contributed by atoms with van der Waals surface area (Å²) in [6.07, 6.45) is 1.61. The summed E-state index contributed by atoms with van der Waals surface area (Å²) in [5.74, 6) is 0.318. The second-order valence-electron chi connectivity index (χ2n) is 5.57. The number of hydrogen-bond acceptors (Lipinski definition) is 6. The van der Waals surface area contributed by atoms with Crippen molar-refractivity contribution in [3.05, 3.63) is 77.4 Å². The number of rotatable bonds is 5. The van der Waals surface area contributed by atoms with E-state index < -0.39 is 15.8 Å². The van der Waals surface area contributed by atoms with Crippen LogP contribution in [0, 0.1) is 0 Å². The molecule has 0 radical (unpaired) electrons. The van der Waals surface area contributed by atoms with Gasteiger partial charge >= 0.3 is 5.76 Å². The van der Waals surface area contributed by atoms with Crippen molar-refractivity contribution >= 4 is 26.8 Å². The van der Waals surface area contributed by atoms with Crippen LogP contribution in [0.1, 0.15) is 0 Å². The first-order chi connectivity index (χ1) is 13.0. The molecule has 2 aromatic heterocycles. The first kappa shape index (κ1) is 16.9. The zero-order valence-corrected chi connectivity index (χ0v) is 14.6. The molecule has 0 aliphatic heterocycles. The van der Waals surface area contributed by atoms with Gasteiger partial charge in [-0.2, -0.15) is 0 Å². The lowest BCUT2D eigenvalue weighted by molar-refractivity contribution is 0.463. The summed E-state index contributed by atoms with van der Waals surface area (Å²) in [5.41, 5.74) is 0.959. The van der Waals surface area contributed by atoms with E-state index in [9.17, 15) is 13.2 Å². The van der Waals surface area contributed by atoms with Crippen LogP contribution in [0.25, 0.3) is 11.1 Å². The largest absolute Gasteiger partial charge is 0.439 e. The molecule has 0 unspecified atom stereocenters. The number of fused-ring (bicyclic) bond motifs is 1. The van der Waals surface area contributed by atoms with Crippen LogP contribution in [0.3, 0.4) is 0 Å². The number of pyridine rings is 1. The van der Waals surface area contributed by atoms with Crippen molar-refractivity contribution in [1.29, 1.82) is 0 Å². The SMILES string of the molecule is O=c1[nH]c2cc(S(=O)(=O)Nc3ccc(Oc4ccccn4)cc3)ccc2o1. The van der Waals surface area contributed by atoms with E-state index >= 15 is 0 Å². The fraction of sp³-hybridized carbons (Fsp3) is 0. The summed E-state index contributed by atoms with van der Waals surface area (Å²) in [4.78, 5) is 17.7. The molecule has 0 spiro atoms. The van der Waals surface area contributed by atoms with Crippen LogP contribution in [0.2, 0.25) is 0 Å². The average molecular weight is 383 g/mol. The fourth-order valence-corrected chi connectivity index (χ4v) is 3.52. The van der Waals surface area contributed by atoms with E-state index in [4.69, 9.17) is 9.15 Å². The van der Waals surface area contributed by atoms with Crippen LogP contribution in [0.15, 0.2) is 81.0 Å². The summed E-state index contributed by atoms with van der Waals surface area (Å²) in [7, 11) is -3.83. The first-order valence-electron chi connectivity index (χ1n) is 7.84. The van der Waals surface area contributed by atoms with Gasteiger partial charge in [-0.1, -0.05) is 6.07 Å². The van der Waals surface area contributed by atoms with Crippen LogP contribution < -0.4 is 15.2 Å². The van der Waals surface area contributed by atoms with E-state index in [-0.39, 0.29) is 10.5 Å². The quantitative estimate of drug-likeness (QED) is 0.547. The van der Waals surface area contributed by atoms with E-state index in [1.54, 1.807) is 48.7 Å². The lowest BCUT2D eigenvalue weighted by atomic mass is 10.3. The van der Waals surface area contributed by atoms with Crippen LogP contribution in [-0.4, -0.2) is 18.4 Å². The highest BCUT2D eigenvalue weighted by molar-refractivity contribution is 7.92. The maximum absolute atomic E-state index is 12.6. The average Bonchev–Trinajstić information content (AvgIpc) is 3.03. The third-order valence-electron chi connectivity index (χ3n) is 3.67. The highest BCUT2D eigenvalue weighted by Crippen LogP contribution is 2.23. The molecule has 0 saturated heterocycles. The minimum atomic E-state index is -3.83. The summed E-state index contributed by atoms with van der Waals surface area (Å²) < 4.78 is 38.0. The van der Waals surface area contributed by atoms with Crippen LogP contribution in [0.5, 0.6) is 11.6 Å². The van der Waals surface area contributed by atoms with Crippen molar-refractivity contribution in [1.82, 2.24) is 9.97 Å². The van der Waals surface area contributed by atoms with Crippen molar-refractivity contribution < 1.29 is 17.6 Å². The minimum Gasteiger partial charge on any atom is -0.439 e. The summed E-state index contributed by atoms with van der Waals surface area (Å²) in [6.45, 7) is 0.